The predicted octanol–water partition coefficient (Wildman–Crippen LogP) is 0.887. The highest BCUT2D eigenvalue weighted by Gasteiger charge is 2.68. The van der Waals surface area contributed by atoms with Crippen LogP contribution >= 0.6 is 0 Å². The van der Waals surface area contributed by atoms with E-state index < -0.39 is 0 Å². The van der Waals surface area contributed by atoms with Crippen molar-refractivity contribution in [3.8, 4) is 0 Å². The van der Waals surface area contributed by atoms with Crippen molar-refractivity contribution in [2.24, 2.45) is 29.6 Å². The topological polar surface area (TPSA) is 49.8 Å². The number of carbonyl (C=O) groups excluding carboxylic acids is 1. The molecule has 19 heavy (non-hydrogen) atoms. The van der Waals surface area contributed by atoms with Crippen LogP contribution in [0.25, 0.3) is 0 Å². The number of ether oxygens (including phenoxy) is 1. The summed E-state index contributed by atoms with van der Waals surface area (Å²) in [4.78, 5) is 14.7. The Morgan fingerprint density at radius 1 is 1.32 bits per heavy atom. The Balaban J connectivity index is 1.46. The Labute approximate surface area is 114 Å². The second-order valence-corrected chi connectivity index (χ2v) is 6.99. The molecule has 0 aromatic carbocycles. The first-order chi connectivity index (χ1) is 9.20. The molecule has 1 N–H and O–H groups in total. The van der Waals surface area contributed by atoms with Crippen LogP contribution in [-0.2, 0) is 9.53 Å². The highest BCUT2D eigenvalue weighted by atomic mass is 16.5. The lowest BCUT2D eigenvalue weighted by Gasteiger charge is -2.38. The Kier molecular flexibility index (Phi) is 2.68. The van der Waals surface area contributed by atoms with E-state index in [0.717, 1.165) is 11.8 Å². The zero-order valence-corrected chi connectivity index (χ0v) is 11.5. The van der Waals surface area contributed by atoms with Gasteiger partial charge in [0.15, 0.2) is 0 Å². The van der Waals surface area contributed by atoms with Gasteiger partial charge in [-0.3, -0.25) is 4.79 Å². The minimum atomic E-state index is -0.185. The monoisotopic (exact) mass is 265 g/mol. The van der Waals surface area contributed by atoms with Crippen LogP contribution in [0.15, 0.2) is 0 Å². The average Bonchev–Trinajstić information content (AvgIpc) is 2.86. The van der Waals surface area contributed by atoms with E-state index in [9.17, 15) is 9.90 Å². The lowest BCUT2D eigenvalue weighted by molar-refractivity contribution is -0.148. The van der Waals surface area contributed by atoms with Crippen LogP contribution in [0.4, 0.5) is 0 Å². The van der Waals surface area contributed by atoms with Gasteiger partial charge in [0.1, 0.15) is 0 Å². The first kappa shape index (κ1) is 12.2. The maximum Gasteiger partial charge on any atom is 0.226 e. The molecular weight excluding hydrogens is 242 g/mol. The van der Waals surface area contributed by atoms with E-state index >= 15 is 0 Å². The van der Waals surface area contributed by atoms with Crippen LogP contribution in [0.2, 0.25) is 0 Å². The quantitative estimate of drug-likeness (QED) is 0.806. The minimum absolute atomic E-state index is 0.0132. The second kappa shape index (κ2) is 4.19. The summed E-state index contributed by atoms with van der Waals surface area (Å²) in [6.45, 7) is 3.20. The zero-order valence-electron chi connectivity index (χ0n) is 11.5. The maximum absolute atomic E-state index is 12.8. The van der Waals surface area contributed by atoms with Gasteiger partial charge in [-0.25, -0.2) is 0 Å². The number of fused-ring (bicyclic) bond motifs is 5. The van der Waals surface area contributed by atoms with Crippen molar-refractivity contribution in [1.29, 1.82) is 0 Å². The van der Waals surface area contributed by atoms with Gasteiger partial charge in [0, 0.05) is 12.5 Å². The SMILES string of the molecule is CC1COC(CO)CN1C(=O)C1C2C3CCC(C3)C12. The van der Waals surface area contributed by atoms with Crippen LogP contribution in [0.1, 0.15) is 26.2 Å². The number of morpholine rings is 1. The van der Waals surface area contributed by atoms with E-state index in [0.29, 0.717) is 36.8 Å². The molecule has 1 amide bonds. The number of amides is 1. The van der Waals surface area contributed by atoms with E-state index in [2.05, 4.69) is 6.92 Å². The summed E-state index contributed by atoms with van der Waals surface area (Å²) in [5, 5.41) is 9.22. The minimum Gasteiger partial charge on any atom is -0.394 e. The number of nitrogens with zero attached hydrogens (tertiary/aromatic N) is 1. The van der Waals surface area contributed by atoms with Gasteiger partial charge in [-0.05, 0) is 49.9 Å². The van der Waals surface area contributed by atoms with Crippen molar-refractivity contribution in [1.82, 2.24) is 4.90 Å². The van der Waals surface area contributed by atoms with Crippen LogP contribution in [0.3, 0.4) is 0 Å². The zero-order chi connectivity index (χ0) is 13.1. The molecule has 106 valence electrons. The molecule has 4 nitrogen and oxygen atoms in total. The van der Waals surface area contributed by atoms with Gasteiger partial charge < -0.3 is 14.7 Å². The second-order valence-electron chi connectivity index (χ2n) is 6.99. The molecule has 1 saturated heterocycles. The standard InChI is InChI=1S/C15H23NO3/c1-8-7-19-11(6-17)5-16(8)15(18)14-12-9-2-3-10(4-9)13(12)14/h8-14,17H,2-7H2,1H3. The van der Waals surface area contributed by atoms with E-state index in [1.165, 1.54) is 19.3 Å². The molecule has 0 radical (unpaired) electrons. The number of rotatable bonds is 2. The fourth-order valence-electron chi connectivity index (χ4n) is 5.08. The Morgan fingerprint density at radius 2 is 2.00 bits per heavy atom. The van der Waals surface area contributed by atoms with Crippen LogP contribution < -0.4 is 0 Å². The third-order valence-electron chi connectivity index (χ3n) is 6.01. The summed E-state index contributed by atoms with van der Waals surface area (Å²) in [5.74, 6) is 3.75. The number of hydrogen-bond donors (Lipinski definition) is 1. The molecule has 2 bridgehead atoms. The summed E-state index contributed by atoms with van der Waals surface area (Å²) in [5.41, 5.74) is 0. The molecule has 0 aromatic heterocycles. The van der Waals surface area contributed by atoms with Crippen molar-refractivity contribution in [3.63, 3.8) is 0 Å². The average molecular weight is 265 g/mol. The first-order valence-corrected chi connectivity index (χ1v) is 7.73. The van der Waals surface area contributed by atoms with E-state index in [1.54, 1.807) is 0 Å². The van der Waals surface area contributed by atoms with Gasteiger partial charge in [-0.15, -0.1) is 0 Å². The first-order valence-electron chi connectivity index (χ1n) is 7.73. The lowest BCUT2D eigenvalue weighted by atomic mass is 10.0. The number of hydrogen-bond acceptors (Lipinski definition) is 3. The summed E-state index contributed by atoms with van der Waals surface area (Å²) in [7, 11) is 0. The molecule has 4 rings (SSSR count). The van der Waals surface area contributed by atoms with Gasteiger partial charge in [-0.2, -0.15) is 0 Å². The van der Waals surface area contributed by atoms with E-state index in [4.69, 9.17) is 4.74 Å². The fourth-order valence-corrected chi connectivity index (χ4v) is 5.08. The molecule has 4 aliphatic rings. The largest absolute Gasteiger partial charge is 0.394 e. The van der Waals surface area contributed by atoms with Gasteiger partial charge in [0.25, 0.3) is 0 Å². The Morgan fingerprint density at radius 3 is 2.63 bits per heavy atom. The third-order valence-corrected chi connectivity index (χ3v) is 6.01. The van der Waals surface area contributed by atoms with Crippen LogP contribution in [0.5, 0.6) is 0 Å². The van der Waals surface area contributed by atoms with Gasteiger partial charge >= 0.3 is 0 Å². The highest BCUT2D eigenvalue weighted by molar-refractivity contribution is 5.83. The lowest BCUT2D eigenvalue weighted by Crippen LogP contribution is -2.52. The predicted molar refractivity (Wildman–Crippen MR) is 69.3 cm³/mol. The molecule has 0 aromatic rings. The smallest absolute Gasteiger partial charge is 0.226 e. The Bertz CT molecular complexity index is 383. The van der Waals surface area contributed by atoms with E-state index in [-0.39, 0.29) is 18.8 Å². The summed E-state index contributed by atoms with van der Waals surface area (Å²) in [6, 6.07) is 0.161. The summed E-state index contributed by atoms with van der Waals surface area (Å²) < 4.78 is 5.52. The molecule has 1 aliphatic heterocycles. The number of carbonyl (C=O) groups is 1. The summed E-state index contributed by atoms with van der Waals surface area (Å²) in [6.07, 6.45) is 3.91. The number of aliphatic hydroxyl groups is 1. The number of aliphatic hydroxyl groups excluding tert-OH is 1. The molecule has 6 atom stereocenters. The van der Waals surface area contributed by atoms with Crippen molar-refractivity contribution < 1.29 is 14.6 Å². The van der Waals surface area contributed by atoms with Crippen molar-refractivity contribution in [3.05, 3.63) is 0 Å². The van der Waals surface area contributed by atoms with Gasteiger partial charge in [-0.1, -0.05) is 0 Å². The molecule has 4 fully saturated rings. The van der Waals surface area contributed by atoms with E-state index in [1.807, 2.05) is 4.90 Å². The highest BCUT2D eigenvalue weighted by Crippen LogP contribution is 2.69. The van der Waals surface area contributed by atoms with Crippen molar-refractivity contribution >= 4 is 5.91 Å². The molecule has 6 unspecified atom stereocenters. The molecule has 1 heterocycles. The third kappa shape index (κ3) is 1.69. The molecule has 3 aliphatic carbocycles. The van der Waals surface area contributed by atoms with Crippen LogP contribution in [-0.4, -0.2) is 47.8 Å². The molecule has 3 saturated carbocycles. The van der Waals surface area contributed by atoms with Crippen molar-refractivity contribution in [2.45, 2.75) is 38.3 Å². The van der Waals surface area contributed by atoms with Gasteiger partial charge in [0.05, 0.1) is 25.4 Å². The molecule has 4 heteroatoms. The normalized spacial score (nSPS) is 51.3. The van der Waals surface area contributed by atoms with Crippen molar-refractivity contribution in [2.75, 3.05) is 19.8 Å². The Hall–Kier alpha value is -0.610. The van der Waals surface area contributed by atoms with Crippen LogP contribution in [0, 0.1) is 29.6 Å². The fraction of sp³-hybridized carbons (Fsp3) is 0.933. The molecule has 0 spiro atoms. The molecular formula is C15H23NO3. The summed E-state index contributed by atoms with van der Waals surface area (Å²) >= 11 is 0. The maximum atomic E-state index is 12.8. The van der Waals surface area contributed by atoms with Gasteiger partial charge in [0.2, 0.25) is 5.91 Å².